The summed E-state index contributed by atoms with van der Waals surface area (Å²) in [5, 5.41) is 1.20. The van der Waals surface area contributed by atoms with Crippen molar-refractivity contribution < 1.29 is 14.3 Å². The number of rotatable bonds is 6. The Labute approximate surface area is 176 Å². The highest BCUT2D eigenvalue weighted by Gasteiger charge is 2.23. The molecule has 0 saturated carbocycles. The van der Waals surface area contributed by atoms with Crippen molar-refractivity contribution in [1.82, 2.24) is 9.55 Å². The molecular weight excluding hydrogens is 408 g/mol. The van der Waals surface area contributed by atoms with E-state index in [1.807, 2.05) is 24.3 Å². The molecule has 2 aromatic heterocycles. The third-order valence-electron chi connectivity index (χ3n) is 4.89. The van der Waals surface area contributed by atoms with Crippen LogP contribution in [0.1, 0.15) is 30.2 Å². The van der Waals surface area contributed by atoms with E-state index in [0.717, 1.165) is 36.1 Å². The number of thiophene rings is 1. The van der Waals surface area contributed by atoms with Gasteiger partial charge in [0.1, 0.15) is 10.6 Å². The van der Waals surface area contributed by atoms with E-state index in [4.69, 9.17) is 14.5 Å². The minimum atomic E-state index is -0.325. The van der Waals surface area contributed by atoms with E-state index in [-0.39, 0.29) is 17.3 Å². The van der Waals surface area contributed by atoms with Gasteiger partial charge in [-0.2, -0.15) is 0 Å². The SMILES string of the molecule is CCOC(=O)CSc1nc2sc3c(c2c(=O)n1-c1cccc(OC)c1)CCCC3. The van der Waals surface area contributed by atoms with Crippen LogP contribution in [0.15, 0.2) is 34.2 Å². The third kappa shape index (κ3) is 3.91. The molecule has 0 fully saturated rings. The van der Waals surface area contributed by atoms with Crippen LogP contribution in [-0.2, 0) is 22.4 Å². The van der Waals surface area contributed by atoms with E-state index in [1.165, 1.54) is 16.6 Å². The molecule has 0 unspecified atom stereocenters. The van der Waals surface area contributed by atoms with Gasteiger partial charge in [-0.1, -0.05) is 17.8 Å². The molecule has 0 amide bonds. The average Bonchev–Trinajstić information content (AvgIpc) is 3.11. The van der Waals surface area contributed by atoms with Crippen LogP contribution in [0.25, 0.3) is 15.9 Å². The first-order valence-electron chi connectivity index (χ1n) is 9.62. The summed E-state index contributed by atoms with van der Waals surface area (Å²) in [6.45, 7) is 2.10. The zero-order valence-electron chi connectivity index (χ0n) is 16.4. The van der Waals surface area contributed by atoms with Crippen molar-refractivity contribution in [2.24, 2.45) is 0 Å². The Kier molecular flexibility index (Phi) is 5.91. The number of carbonyl (C=O) groups excluding carboxylic acids is 1. The average molecular weight is 431 g/mol. The van der Waals surface area contributed by atoms with Crippen LogP contribution in [0, 0.1) is 0 Å². The molecule has 152 valence electrons. The predicted molar refractivity (Wildman–Crippen MR) is 116 cm³/mol. The Morgan fingerprint density at radius 2 is 2.14 bits per heavy atom. The molecule has 0 spiro atoms. The zero-order chi connectivity index (χ0) is 20.4. The summed E-state index contributed by atoms with van der Waals surface area (Å²) in [4.78, 5) is 32.3. The second-order valence-electron chi connectivity index (χ2n) is 6.72. The lowest BCUT2D eigenvalue weighted by Crippen LogP contribution is -2.23. The molecule has 2 heterocycles. The molecule has 8 heteroatoms. The molecule has 1 aliphatic rings. The van der Waals surface area contributed by atoms with Crippen LogP contribution in [0.5, 0.6) is 5.75 Å². The van der Waals surface area contributed by atoms with Crippen LogP contribution >= 0.6 is 23.1 Å². The number of methoxy groups -OCH3 is 1. The molecule has 0 bridgehead atoms. The maximum Gasteiger partial charge on any atom is 0.316 e. The van der Waals surface area contributed by atoms with Crippen molar-refractivity contribution >= 4 is 39.3 Å². The van der Waals surface area contributed by atoms with Gasteiger partial charge < -0.3 is 9.47 Å². The number of thioether (sulfide) groups is 1. The topological polar surface area (TPSA) is 70.4 Å². The van der Waals surface area contributed by atoms with Crippen molar-refractivity contribution in [3.8, 4) is 11.4 Å². The van der Waals surface area contributed by atoms with Gasteiger partial charge in [-0.25, -0.2) is 4.98 Å². The predicted octanol–water partition coefficient (Wildman–Crippen LogP) is 3.99. The minimum absolute atomic E-state index is 0.0889. The van der Waals surface area contributed by atoms with E-state index in [2.05, 4.69) is 0 Å². The number of hydrogen-bond donors (Lipinski definition) is 0. The highest BCUT2D eigenvalue weighted by atomic mass is 32.2. The van der Waals surface area contributed by atoms with E-state index in [9.17, 15) is 9.59 Å². The first-order chi connectivity index (χ1) is 14.1. The molecule has 0 N–H and O–H groups in total. The van der Waals surface area contributed by atoms with Crippen LogP contribution in [0.3, 0.4) is 0 Å². The van der Waals surface area contributed by atoms with Gasteiger partial charge in [-0.15, -0.1) is 11.3 Å². The van der Waals surface area contributed by atoms with E-state index >= 15 is 0 Å². The van der Waals surface area contributed by atoms with E-state index < -0.39 is 0 Å². The van der Waals surface area contributed by atoms with E-state index in [1.54, 1.807) is 29.9 Å². The number of benzene rings is 1. The molecule has 4 rings (SSSR count). The number of carbonyl (C=O) groups is 1. The van der Waals surface area contributed by atoms with Gasteiger partial charge in [-0.3, -0.25) is 14.2 Å². The summed E-state index contributed by atoms with van der Waals surface area (Å²) in [5.74, 6) is 0.429. The molecule has 1 aliphatic carbocycles. The molecular formula is C21H22N2O4S2. The van der Waals surface area contributed by atoms with Crippen molar-refractivity contribution in [2.75, 3.05) is 19.5 Å². The van der Waals surface area contributed by atoms with Gasteiger partial charge >= 0.3 is 5.97 Å². The molecule has 0 saturated heterocycles. The Hall–Kier alpha value is -2.32. The molecule has 29 heavy (non-hydrogen) atoms. The van der Waals surface area contributed by atoms with Crippen LogP contribution < -0.4 is 10.3 Å². The Morgan fingerprint density at radius 1 is 1.31 bits per heavy atom. The molecule has 0 atom stereocenters. The number of ether oxygens (including phenoxy) is 2. The third-order valence-corrected chi connectivity index (χ3v) is 6.99. The largest absolute Gasteiger partial charge is 0.497 e. The van der Waals surface area contributed by atoms with Crippen LogP contribution in [0.2, 0.25) is 0 Å². The fraction of sp³-hybridized carbons (Fsp3) is 0.381. The molecule has 1 aromatic carbocycles. The van der Waals surface area contributed by atoms with E-state index in [0.29, 0.717) is 28.6 Å². The lowest BCUT2D eigenvalue weighted by Gasteiger charge is -2.14. The number of nitrogens with zero attached hydrogens (tertiary/aromatic N) is 2. The van der Waals surface area contributed by atoms with Crippen LogP contribution in [-0.4, -0.2) is 35.0 Å². The Morgan fingerprint density at radius 3 is 2.93 bits per heavy atom. The maximum absolute atomic E-state index is 13.6. The molecule has 3 aromatic rings. The van der Waals surface area contributed by atoms with Crippen molar-refractivity contribution in [1.29, 1.82) is 0 Å². The summed E-state index contributed by atoms with van der Waals surface area (Å²) < 4.78 is 12.0. The number of hydrogen-bond acceptors (Lipinski definition) is 7. The van der Waals surface area contributed by atoms with Crippen molar-refractivity contribution in [2.45, 2.75) is 37.8 Å². The molecule has 0 aliphatic heterocycles. The van der Waals surface area contributed by atoms with Gasteiger partial charge in [0.05, 0.1) is 30.5 Å². The number of aryl methyl sites for hydroxylation is 2. The number of aromatic nitrogens is 2. The minimum Gasteiger partial charge on any atom is -0.497 e. The molecule has 6 nitrogen and oxygen atoms in total. The fourth-order valence-electron chi connectivity index (χ4n) is 3.59. The normalized spacial score (nSPS) is 13.3. The summed E-state index contributed by atoms with van der Waals surface area (Å²) in [6.07, 6.45) is 4.16. The van der Waals surface area contributed by atoms with Crippen molar-refractivity contribution in [3.05, 3.63) is 45.1 Å². The Balaban J connectivity index is 1.89. The Bertz CT molecular complexity index is 1120. The summed E-state index contributed by atoms with van der Waals surface area (Å²) >= 11 is 2.83. The second-order valence-corrected chi connectivity index (χ2v) is 8.75. The fourth-order valence-corrected chi connectivity index (χ4v) is 5.70. The summed E-state index contributed by atoms with van der Waals surface area (Å²) in [5.41, 5.74) is 1.73. The van der Waals surface area contributed by atoms with Gasteiger partial charge in [-0.05, 0) is 50.3 Å². The highest BCUT2D eigenvalue weighted by Crippen LogP contribution is 2.35. The van der Waals surface area contributed by atoms with Gasteiger partial charge in [0.15, 0.2) is 5.16 Å². The molecule has 0 radical (unpaired) electrons. The van der Waals surface area contributed by atoms with Gasteiger partial charge in [0.25, 0.3) is 5.56 Å². The standard InChI is InChI=1S/C21H22N2O4S2/c1-3-27-17(24)12-28-21-22-19-18(15-9-4-5-10-16(15)29-19)20(25)23(21)13-7-6-8-14(11-13)26-2/h6-8,11H,3-5,9-10,12H2,1-2H3. The quantitative estimate of drug-likeness (QED) is 0.335. The summed E-state index contributed by atoms with van der Waals surface area (Å²) in [6, 6.07) is 7.33. The first kappa shape index (κ1) is 20.0. The van der Waals surface area contributed by atoms with Gasteiger partial charge in [0.2, 0.25) is 0 Å². The number of esters is 1. The first-order valence-corrected chi connectivity index (χ1v) is 11.4. The lowest BCUT2D eigenvalue weighted by atomic mass is 9.97. The van der Waals surface area contributed by atoms with Gasteiger partial charge in [0, 0.05) is 10.9 Å². The summed E-state index contributed by atoms with van der Waals surface area (Å²) in [7, 11) is 1.59. The van der Waals surface area contributed by atoms with Crippen LogP contribution in [0.4, 0.5) is 0 Å². The zero-order valence-corrected chi connectivity index (χ0v) is 18.0. The lowest BCUT2D eigenvalue weighted by molar-refractivity contribution is -0.139. The number of fused-ring (bicyclic) bond motifs is 3. The van der Waals surface area contributed by atoms with Crippen molar-refractivity contribution in [3.63, 3.8) is 0 Å². The smallest absolute Gasteiger partial charge is 0.316 e. The second kappa shape index (κ2) is 8.59. The monoisotopic (exact) mass is 430 g/mol. The maximum atomic E-state index is 13.6. The highest BCUT2D eigenvalue weighted by molar-refractivity contribution is 7.99.